The van der Waals surface area contributed by atoms with Gasteiger partial charge in [-0.25, -0.2) is 0 Å². The quantitative estimate of drug-likeness (QED) is 0.312. The van der Waals surface area contributed by atoms with Gasteiger partial charge >= 0.3 is 5.97 Å². The number of ether oxygens (including phenoxy) is 1. The number of nitrogens with zero attached hydrogens (tertiary/aromatic N) is 1. The van der Waals surface area contributed by atoms with Crippen molar-refractivity contribution in [2.45, 2.75) is 113 Å². The molecule has 3 fully saturated rings. The molecule has 5 heteroatoms. The van der Waals surface area contributed by atoms with E-state index >= 15 is 0 Å². The van der Waals surface area contributed by atoms with Crippen molar-refractivity contribution >= 4 is 17.5 Å². The first kappa shape index (κ1) is 32.0. The molecule has 240 valence electrons. The molecule has 5 aliphatic rings. The largest absolute Gasteiger partial charge is 0.461 e. The molecule has 0 radical (unpaired) electrons. The molecule has 5 aliphatic carbocycles. The summed E-state index contributed by atoms with van der Waals surface area (Å²) < 4.78 is 5.71. The molecule has 0 bridgehead atoms. The summed E-state index contributed by atoms with van der Waals surface area (Å²) in [5.41, 5.74) is 0.768. The fourth-order valence-corrected chi connectivity index (χ4v) is 11.3. The maximum absolute atomic E-state index is 14.7. The van der Waals surface area contributed by atoms with Crippen LogP contribution in [0, 0.1) is 61.6 Å². The average Bonchev–Trinajstić information content (AvgIpc) is 2.99. The fraction of sp³-hybridized carbons (Fsp3) is 0.650. The highest BCUT2D eigenvalue weighted by molar-refractivity contribution is 6.04. The molecule has 3 saturated carbocycles. The number of hydrogen-bond donors (Lipinski definition) is 0. The Labute approximate surface area is 269 Å². The monoisotopic (exact) mass is 609 g/mol. The Bertz CT molecular complexity index is 1530. The van der Waals surface area contributed by atoms with Crippen molar-refractivity contribution in [3.05, 3.63) is 59.2 Å². The first-order valence-electron chi connectivity index (χ1n) is 17.2. The molecule has 6 rings (SSSR count). The van der Waals surface area contributed by atoms with Gasteiger partial charge < -0.3 is 4.74 Å². The lowest BCUT2D eigenvalue weighted by Crippen LogP contribution is -2.64. The number of benzene rings is 1. The molecule has 0 heterocycles. The lowest BCUT2D eigenvalue weighted by molar-refractivity contribution is -0.174. The number of fused-ring (bicyclic) bond motifs is 7. The van der Waals surface area contributed by atoms with E-state index in [9.17, 15) is 19.6 Å². The highest BCUT2D eigenvalue weighted by Crippen LogP contribution is 2.75. The molecule has 5 nitrogen and oxygen atoms in total. The molecule has 3 unspecified atom stereocenters. The van der Waals surface area contributed by atoms with Crippen LogP contribution in [0.2, 0.25) is 0 Å². The van der Waals surface area contributed by atoms with Gasteiger partial charge in [0.1, 0.15) is 12.7 Å². The summed E-state index contributed by atoms with van der Waals surface area (Å²) >= 11 is 0. The van der Waals surface area contributed by atoms with E-state index in [1.54, 1.807) is 0 Å². The minimum atomic E-state index is -0.665. The summed E-state index contributed by atoms with van der Waals surface area (Å²) in [6.45, 7) is 15.9. The molecule has 0 amide bonds. The number of ketones is 2. The van der Waals surface area contributed by atoms with E-state index in [0.717, 1.165) is 62.5 Å². The smallest absolute Gasteiger partial charge is 0.306 e. The lowest BCUT2D eigenvalue weighted by atomic mass is 9.34. The molecule has 0 N–H and O–H groups in total. The van der Waals surface area contributed by atoms with Gasteiger partial charge in [-0.2, -0.15) is 5.26 Å². The number of allylic oxidation sites excluding steroid dienone is 4. The van der Waals surface area contributed by atoms with Gasteiger partial charge in [-0.05, 0) is 96.5 Å². The van der Waals surface area contributed by atoms with E-state index in [4.69, 9.17) is 4.74 Å². The molecule has 0 aromatic heterocycles. The van der Waals surface area contributed by atoms with Crippen LogP contribution in [0.15, 0.2) is 53.6 Å². The molecular weight excluding hydrogens is 558 g/mol. The first-order valence-corrected chi connectivity index (χ1v) is 17.2. The van der Waals surface area contributed by atoms with Gasteiger partial charge in [-0.3, -0.25) is 14.4 Å². The topological polar surface area (TPSA) is 84.2 Å². The number of carbonyl (C=O) groups is 3. The maximum atomic E-state index is 14.7. The molecule has 1 aromatic carbocycles. The van der Waals surface area contributed by atoms with E-state index in [0.29, 0.717) is 13.0 Å². The number of hydrogen-bond acceptors (Lipinski definition) is 5. The zero-order valence-electron chi connectivity index (χ0n) is 28.4. The van der Waals surface area contributed by atoms with Crippen LogP contribution < -0.4 is 0 Å². The van der Waals surface area contributed by atoms with Crippen LogP contribution in [0.1, 0.15) is 112 Å². The zero-order chi connectivity index (χ0) is 32.6. The van der Waals surface area contributed by atoms with E-state index in [-0.39, 0.29) is 62.5 Å². The number of esters is 1. The Balaban J connectivity index is 1.35. The Hall–Kier alpha value is -3.00. The number of carbonyl (C=O) groups excluding carboxylic acids is 3. The van der Waals surface area contributed by atoms with Gasteiger partial charge in [-0.1, -0.05) is 90.4 Å². The maximum Gasteiger partial charge on any atom is 0.306 e. The molecule has 0 spiro atoms. The third-order valence-electron chi connectivity index (χ3n) is 14.1. The molecule has 0 aliphatic heterocycles. The van der Waals surface area contributed by atoms with Crippen molar-refractivity contribution in [3.8, 4) is 6.07 Å². The molecule has 7 atom stereocenters. The number of rotatable bonds is 5. The highest BCUT2D eigenvalue weighted by Gasteiger charge is 2.69. The van der Waals surface area contributed by atoms with Crippen LogP contribution in [-0.2, 0) is 25.7 Å². The minimum Gasteiger partial charge on any atom is -0.461 e. The standard InChI is InChI=1S/C40H51NO4/c1-35(2)17-19-40(16-14-32(43)45-25-26-11-9-8-10-12-26)20-18-39(7)33(28(40)23-35)29(42)21-31-37(5)22-27(24-41)34(44)36(3,4)30(37)13-15-38(31,39)6/h8-12,21-22,28,30,33H,13-20,23,25H2,1-7H3/t28?,30?,33?,37-,38+,39+,40+/m0/s1. The van der Waals surface area contributed by atoms with Crippen LogP contribution >= 0.6 is 0 Å². The van der Waals surface area contributed by atoms with Gasteiger partial charge in [0.05, 0.1) is 5.57 Å². The van der Waals surface area contributed by atoms with E-state index < -0.39 is 10.8 Å². The Kier molecular flexibility index (Phi) is 7.47. The molecule has 1 aromatic rings. The average molecular weight is 610 g/mol. The van der Waals surface area contributed by atoms with Crippen molar-refractivity contribution in [3.63, 3.8) is 0 Å². The normalized spacial score (nSPS) is 39.6. The van der Waals surface area contributed by atoms with Crippen molar-refractivity contribution < 1.29 is 19.1 Å². The Morgan fingerprint density at radius 1 is 0.956 bits per heavy atom. The molecule has 45 heavy (non-hydrogen) atoms. The molecule has 0 saturated heterocycles. The van der Waals surface area contributed by atoms with Crippen molar-refractivity contribution in [1.29, 1.82) is 5.26 Å². The van der Waals surface area contributed by atoms with Gasteiger partial charge in [0.2, 0.25) is 0 Å². The second-order valence-corrected chi connectivity index (χ2v) is 17.3. The van der Waals surface area contributed by atoms with Crippen LogP contribution in [0.3, 0.4) is 0 Å². The second kappa shape index (κ2) is 10.5. The van der Waals surface area contributed by atoms with Gasteiger partial charge in [0.25, 0.3) is 0 Å². The van der Waals surface area contributed by atoms with Gasteiger partial charge in [-0.15, -0.1) is 0 Å². The summed E-state index contributed by atoms with van der Waals surface area (Å²) in [5.74, 6) is 0.112. The van der Waals surface area contributed by atoms with Crippen molar-refractivity contribution in [2.75, 3.05) is 0 Å². The second-order valence-electron chi connectivity index (χ2n) is 17.3. The third kappa shape index (κ3) is 4.72. The van der Waals surface area contributed by atoms with E-state index in [1.807, 2.05) is 56.3 Å². The van der Waals surface area contributed by atoms with Crippen molar-refractivity contribution in [2.24, 2.45) is 50.2 Å². The first-order chi connectivity index (χ1) is 21.0. The van der Waals surface area contributed by atoms with Crippen molar-refractivity contribution in [1.82, 2.24) is 0 Å². The SMILES string of the molecule is CC1(C)CC[C@]2(CCC(=O)OCc3ccccc3)CC[C@]3(C)C(C(=O)C=C4[C@@]5(C)C=C(C#N)C(=O)C(C)(C)C5CC[C@]43C)C2C1. The van der Waals surface area contributed by atoms with E-state index in [2.05, 4.69) is 40.7 Å². The number of Topliss-reactive ketones (excluding diaryl/α,β-unsaturated/α-hetero) is 1. The van der Waals surface area contributed by atoms with Gasteiger partial charge in [0, 0.05) is 23.2 Å². The van der Waals surface area contributed by atoms with Crippen LogP contribution in [-0.4, -0.2) is 17.5 Å². The summed E-state index contributed by atoms with van der Waals surface area (Å²) in [7, 11) is 0. The predicted molar refractivity (Wildman–Crippen MR) is 174 cm³/mol. The highest BCUT2D eigenvalue weighted by atomic mass is 16.5. The fourth-order valence-electron chi connectivity index (χ4n) is 11.3. The minimum absolute atomic E-state index is 0.0417. The summed E-state index contributed by atoms with van der Waals surface area (Å²) in [4.78, 5) is 41.1. The van der Waals surface area contributed by atoms with Gasteiger partial charge in [0.15, 0.2) is 11.6 Å². The summed E-state index contributed by atoms with van der Waals surface area (Å²) in [5, 5.41) is 9.98. The Morgan fingerprint density at radius 2 is 1.64 bits per heavy atom. The number of nitriles is 1. The molecular formula is C40H51NO4. The summed E-state index contributed by atoms with van der Waals surface area (Å²) in [6, 6.07) is 12.0. The lowest BCUT2D eigenvalue weighted by Gasteiger charge is -2.69. The third-order valence-corrected chi connectivity index (χ3v) is 14.1. The van der Waals surface area contributed by atoms with Crippen LogP contribution in [0.5, 0.6) is 0 Å². The zero-order valence-corrected chi connectivity index (χ0v) is 28.4. The predicted octanol–water partition coefficient (Wildman–Crippen LogP) is 8.73. The Morgan fingerprint density at radius 3 is 2.33 bits per heavy atom. The van der Waals surface area contributed by atoms with E-state index in [1.165, 1.54) is 0 Å². The van der Waals surface area contributed by atoms with Crippen LogP contribution in [0.4, 0.5) is 0 Å². The van der Waals surface area contributed by atoms with Crippen LogP contribution in [0.25, 0.3) is 0 Å². The summed E-state index contributed by atoms with van der Waals surface area (Å²) in [6.07, 6.45) is 11.9.